The van der Waals surface area contributed by atoms with E-state index in [9.17, 15) is 13.2 Å². The average molecular weight is 533 g/mol. The third-order valence-electron chi connectivity index (χ3n) is 5.49. The molecular weight excluding hydrogens is 504 g/mol. The first-order valence-electron chi connectivity index (χ1n) is 11.2. The summed E-state index contributed by atoms with van der Waals surface area (Å²) in [6.07, 6.45) is 0.692. The Hall–Kier alpha value is -3.27. The number of carbonyl (C=O) groups is 1. The molecule has 0 aliphatic rings. The van der Waals surface area contributed by atoms with Gasteiger partial charge in [-0.1, -0.05) is 48.0 Å². The van der Waals surface area contributed by atoms with Gasteiger partial charge < -0.3 is 19.5 Å². The van der Waals surface area contributed by atoms with Crippen LogP contribution in [0.4, 0.5) is 0 Å². The lowest BCUT2D eigenvalue weighted by Crippen LogP contribution is -2.48. The van der Waals surface area contributed by atoms with Crippen molar-refractivity contribution in [1.82, 2.24) is 10.0 Å². The monoisotopic (exact) mass is 532 g/mol. The van der Waals surface area contributed by atoms with E-state index >= 15 is 0 Å². The maximum absolute atomic E-state index is 13.1. The van der Waals surface area contributed by atoms with Gasteiger partial charge in [0.15, 0.2) is 11.5 Å². The molecule has 3 aromatic rings. The molecule has 0 aliphatic carbocycles. The first kappa shape index (κ1) is 27.3. The normalized spacial score (nSPS) is 12.0. The van der Waals surface area contributed by atoms with Gasteiger partial charge in [-0.15, -0.1) is 0 Å². The molecule has 36 heavy (non-hydrogen) atoms. The minimum atomic E-state index is -4.05. The number of nitrogens with one attached hydrogen (secondary N) is 2. The van der Waals surface area contributed by atoms with Gasteiger partial charge in [0.2, 0.25) is 15.9 Å². The van der Waals surface area contributed by atoms with Crippen LogP contribution in [0.5, 0.6) is 17.2 Å². The number of halogens is 1. The highest BCUT2D eigenvalue weighted by atomic mass is 35.5. The van der Waals surface area contributed by atoms with E-state index in [1.165, 1.54) is 25.3 Å². The van der Waals surface area contributed by atoms with Crippen molar-refractivity contribution in [3.05, 3.63) is 82.9 Å². The van der Waals surface area contributed by atoms with Crippen LogP contribution in [-0.4, -0.2) is 48.2 Å². The second-order valence-electron chi connectivity index (χ2n) is 7.89. The summed E-state index contributed by atoms with van der Waals surface area (Å²) in [5.41, 5.74) is 1.74. The predicted molar refractivity (Wildman–Crippen MR) is 139 cm³/mol. The van der Waals surface area contributed by atoms with Gasteiger partial charge in [-0.3, -0.25) is 4.79 Å². The Kier molecular flexibility index (Phi) is 9.58. The summed E-state index contributed by atoms with van der Waals surface area (Å²) in [6.45, 7) is 0.301. The van der Waals surface area contributed by atoms with Crippen molar-refractivity contribution in [3.63, 3.8) is 0 Å². The summed E-state index contributed by atoms with van der Waals surface area (Å²) >= 11 is 6.12. The van der Waals surface area contributed by atoms with Crippen molar-refractivity contribution < 1.29 is 27.4 Å². The number of methoxy groups -OCH3 is 3. The highest BCUT2D eigenvalue weighted by molar-refractivity contribution is 7.89. The van der Waals surface area contributed by atoms with E-state index in [1.807, 2.05) is 42.5 Å². The molecule has 8 nitrogen and oxygen atoms in total. The van der Waals surface area contributed by atoms with E-state index in [-0.39, 0.29) is 16.3 Å². The number of ether oxygens (including phenoxy) is 3. The van der Waals surface area contributed by atoms with Crippen molar-refractivity contribution in [2.45, 2.75) is 23.8 Å². The second kappa shape index (κ2) is 12.6. The molecule has 0 fully saturated rings. The Morgan fingerprint density at radius 3 is 2.17 bits per heavy atom. The zero-order chi connectivity index (χ0) is 26.1. The lowest BCUT2D eigenvalue weighted by atomic mass is 10.1. The second-order valence-corrected chi connectivity index (χ2v) is 10.0. The molecule has 1 amide bonds. The maximum atomic E-state index is 13.1. The van der Waals surface area contributed by atoms with Gasteiger partial charge in [-0.05, 0) is 54.3 Å². The van der Waals surface area contributed by atoms with E-state index in [4.69, 9.17) is 25.8 Å². The van der Waals surface area contributed by atoms with Crippen molar-refractivity contribution >= 4 is 27.5 Å². The van der Waals surface area contributed by atoms with E-state index in [0.29, 0.717) is 30.2 Å². The zero-order valence-corrected chi connectivity index (χ0v) is 21.9. The minimum Gasteiger partial charge on any atom is -0.495 e. The number of benzene rings is 3. The van der Waals surface area contributed by atoms with E-state index in [0.717, 1.165) is 11.1 Å². The van der Waals surface area contributed by atoms with Crippen LogP contribution >= 0.6 is 11.6 Å². The topological polar surface area (TPSA) is 103 Å². The highest BCUT2D eigenvalue weighted by Crippen LogP contribution is 2.28. The standard InChI is InChI=1S/C26H29ClN2O6S/c1-33-23-12-10-20(17-21(23)27)36(31,32)29-22(15-18-7-5-4-6-8-18)26(30)28-14-13-19-9-11-24(34-2)25(16-19)35-3/h4-12,16-17,22,29H,13-15H2,1-3H3,(H,28,30). The van der Waals surface area contributed by atoms with E-state index in [1.54, 1.807) is 20.3 Å². The van der Waals surface area contributed by atoms with Crippen molar-refractivity contribution in [2.75, 3.05) is 27.9 Å². The fraction of sp³-hybridized carbons (Fsp3) is 0.269. The molecular formula is C26H29ClN2O6S. The fourth-order valence-corrected chi connectivity index (χ4v) is 5.14. The lowest BCUT2D eigenvalue weighted by Gasteiger charge is -2.19. The summed E-state index contributed by atoms with van der Waals surface area (Å²) in [6, 6.07) is 17.8. The summed E-state index contributed by atoms with van der Waals surface area (Å²) in [5.74, 6) is 1.11. The van der Waals surface area contributed by atoms with Crippen LogP contribution in [0.1, 0.15) is 11.1 Å². The van der Waals surface area contributed by atoms with Gasteiger partial charge in [-0.2, -0.15) is 4.72 Å². The smallest absolute Gasteiger partial charge is 0.241 e. The lowest BCUT2D eigenvalue weighted by molar-refractivity contribution is -0.122. The van der Waals surface area contributed by atoms with Crippen LogP contribution < -0.4 is 24.2 Å². The highest BCUT2D eigenvalue weighted by Gasteiger charge is 2.26. The van der Waals surface area contributed by atoms with Gasteiger partial charge in [0, 0.05) is 6.54 Å². The summed E-state index contributed by atoms with van der Waals surface area (Å²) in [4.78, 5) is 13.0. The van der Waals surface area contributed by atoms with Crippen LogP contribution in [0.2, 0.25) is 5.02 Å². The third kappa shape index (κ3) is 7.13. The molecule has 0 saturated heterocycles. The Bertz CT molecular complexity index is 1280. The molecule has 0 aromatic heterocycles. The fourth-order valence-electron chi connectivity index (χ4n) is 3.60. The Morgan fingerprint density at radius 1 is 0.861 bits per heavy atom. The molecule has 1 atom stereocenters. The van der Waals surface area contributed by atoms with E-state index in [2.05, 4.69) is 10.0 Å². The third-order valence-corrected chi connectivity index (χ3v) is 7.26. The SMILES string of the molecule is COc1ccc(S(=O)(=O)NC(Cc2ccccc2)C(=O)NCCc2ccc(OC)c(OC)c2)cc1Cl. The molecule has 192 valence electrons. The molecule has 10 heteroatoms. The van der Waals surface area contributed by atoms with Gasteiger partial charge >= 0.3 is 0 Å². The number of hydrogen-bond acceptors (Lipinski definition) is 6. The zero-order valence-electron chi connectivity index (χ0n) is 20.3. The molecule has 0 bridgehead atoms. The number of sulfonamides is 1. The molecule has 2 N–H and O–H groups in total. The average Bonchev–Trinajstić information content (AvgIpc) is 2.88. The summed E-state index contributed by atoms with van der Waals surface area (Å²) in [5, 5.41) is 2.99. The van der Waals surface area contributed by atoms with E-state index < -0.39 is 22.0 Å². The number of amides is 1. The maximum Gasteiger partial charge on any atom is 0.241 e. The molecule has 1 unspecified atom stereocenters. The van der Waals surface area contributed by atoms with Crippen LogP contribution in [0, 0.1) is 0 Å². The molecule has 3 aromatic carbocycles. The Morgan fingerprint density at radius 2 is 1.53 bits per heavy atom. The molecule has 3 rings (SSSR count). The molecule has 0 radical (unpaired) electrons. The van der Waals surface area contributed by atoms with Gasteiger partial charge in [0.25, 0.3) is 0 Å². The molecule has 0 saturated carbocycles. The first-order chi connectivity index (χ1) is 17.3. The van der Waals surface area contributed by atoms with Gasteiger partial charge in [-0.25, -0.2) is 8.42 Å². The number of rotatable bonds is 12. The Balaban J connectivity index is 1.74. The van der Waals surface area contributed by atoms with Crippen LogP contribution in [-0.2, 0) is 27.7 Å². The van der Waals surface area contributed by atoms with Crippen LogP contribution in [0.15, 0.2) is 71.6 Å². The quantitative estimate of drug-likeness (QED) is 0.369. The summed E-state index contributed by atoms with van der Waals surface area (Å²) in [7, 11) is 0.509. The van der Waals surface area contributed by atoms with Crippen LogP contribution in [0.25, 0.3) is 0 Å². The van der Waals surface area contributed by atoms with Gasteiger partial charge in [0.05, 0.1) is 31.2 Å². The van der Waals surface area contributed by atoms with Crippen molar-refractivity contribution in [2.24, 2.45) is 0 Å². The van der Waals surface area contributed by atoms with Crippen molar-refractivity contribution in [3.8, 4) is 17.2 Å². The molecule has 0 heterocycles. The largest absolute Gasteiger partial charge is 0.495 e. The molecule has 0 aliphatic heterocycles. The van der Waals surface area contributed by atoms with Crippen LogP contribution in [0.3, 0.4) is 0 Å². The predicted octanol–water partition coefficient (Wildman–Crippen LogP) is 3.61. The Labute approximate surface area is 216 Å². The molecule has 0 spiro atoms. The van der Waals surface area contributed by atoms with Crippen molar-refractivity contribution in [1.29, 1.82) is 0 Å². The summed E-state index contributed by atoms with van der Waals surface area (Å²) < 4.78 is 44.4. The first-order valence-corrected chi connectivity index (χ1v) is 13.0. The van der Waals surface area contributed by atoms with Gasteiger partial charge in [0.1, 0.15) is 11.8 Å². The minimum absolute atomic E-state index is 0.0653. The number of hydrogen-bond donors (Lipinski definition) is 2. The number of carbonyl (C=O) groups excluding carboxylic acids is 1.